The predicted molar refractivity (Wildman–Crippen MR) is 132 cm³/mol. The zero-order valence-electron chi connectivity index (χ0n) is 20.9. The van der Waals surface area contributed by atoms with Crippen LogP contribution in [0.25, 0.3) is 0 Å². The van der Waals surface area contributed by atoms with Crippen molar-refractivity contribution in [3.63, 3.8) is 0 Å². The quantitative estimate of drug-likeness (QED) is 0.401. The number of hydrogen-bond donors (Lipinski definition) is 2. The van der Waals surface area contributed by atoms with E-state index in [0.717, 1.165) is 11.1 Å². The molecule has 2 aromatic rings. The maximum Gasteiger partial charge on any atom is 0.411 e. The normalized spacial score (nSPS) is 18.4. The van der Waals surface area contributed by atoms with Crippen LogP contribution in [0.3, 0.4) is 0 Å². The lowest BCUT2D eigenvalue weighted by molar-refractivity contribution is -0.150. The molecule has 0 saturated carbocycles. The van der Waals surface area contributed by atoms with Crippen molar-refractivity contribution in [1.29, 1.82) is 0 Å². The molecule has 0 bridgehead atoms. The van der Waals surface area contributed by atoms with Crippen molar-refractivity contribution in [1.82, 2.24) is 10.2 Å². The van der Waals surface area contributed by atoms with Crippen molar-refractivity contribution in [2.24, 2.45) is 0 Å². The molecule has 0 radical (unpaired) electrons. The van der Waals surface area contributed by atoms with Gasteiger partial charge in [-0.3, -0.25) is 15.0 Å². The Kier molecular flexibility index (Phi) is 9.44. The number of carbonyl (C=O) groups is 3. The van der Waals surface area contributed by atoms with Crippen LogP contribution >= 0.6 is 0 Å². The van der Waals surface area contributed by atoms with E-state index in [4.69, 9.17) is 14.2 Å². The molecule has 36 heavy (non-hydrogen) atoms. The van der Waals surface area contributed by atoms with Gasteiger partial charge in [0.25, 0.3) is 0 Å². The summed E-state index contributed by atoms with van der Waals surface area (Å²) in [6.45, 7) is 4.96. The Morgan fingerprint density at radius 1 is 0.972 bits per heavy atom. The summed E-state index contributed by atoms with van der Waals surface area (Å²) in [5, 5.41) is 12.8. The minimum atomic E-state index is -1.02. The van der Waals surface area contributed by atoms with E-state index >= 15 is 0 Å². The lowest BCUT2D eigenvalue weighted by Gasteiger charge is -2.27. The summed E-state index contributed by atoms with van der Waals surface area (Å²) in [5.74, 6) is -1.19. The molecule has 9 heteroatoms. The Hall–Kier alpha value is -3.43. The van der Waals surface area contributed by atoms with E-state index in [-0.39, 0.29) is 26.2 Å². The van der Waals surface area contributed by atoms with Crippen molar-refractivity contribution in [3.05, 3.63) is 71.8 Å². The van der Waals surface area contributed by atoms with E-state index < -0.39 is 48.4 Å². The summed E-state index contributed by atoms with van der Waals surface area (Å²) >= 11 is 0. The first-order valence-corrected chi connectivity index (χ1v) is 11.9. The standard InChI is InChI=1S/C27H34N2O7/c1-27(2,3)36-26(33)29-15-21(14-23(29)25(32)35-18-20-12-8-5-9-13-20)28-22(16-30)24(31)34-17-19-10-6-4-7-11-19/h4-13,21-23,28,30H,14-18H2,1-3H3/t21-,22-,23-/m0/s1. The van der Waals surface area contributed by atoms with Gasteiger partial charge in [0.15, 0.2) is 0 Å². The number of benzene rings is 2. The molecular weight excluding hydrogens is 464 g/mol. The molecule has 9 nitrogen and oxygen atoms in total. The highest BCUT2D eigenvalue weighted by atomic mass is 16.6. The molecule has 2 N–H and O–H groups in total. The van der Waals surface area contributed by atoms with Crippen LogP contribution < -0.4 is 5.32 Å². The first kappa shape index (κ1) is 27.2. The number of esters is 2. The van der Waals surface area contributed by atoms with Crippen LogP contribution in [0.2, 0.25) is 0 Å². The third kappa shape index (κ3) is 8.07. The van der Waals surface area contributed by atoms with Gasteiger partial charge < -0.3 is 19.3 Å². The second kappa shape index (κ2) is 12.5. The number of hydrogen-bond acceptors (Lipinski definition) is 8. The highest BCUT2D eigenvalue weighted by molar-refractivity contribution is 5.82. The minimum absolute atomic E-state index is 0.0704. The Labute approximate surface area is 211 Å². The topological polar surface area (TPSA) is 114 Å². The first-order valence-electron chi connectivity index (χ1n) is 11.9. The van der Waals surface area contributed by atoms with Gasteiger partial charge >= 0.3 is 18.0 Å². The summed E-state index contributed by atoms with van der Waals surface area (Å²) in [6.07, 6.45) is -0.462. The van der Waals surface area contributed by atoms with E-state index in [1.807, 2.05) is 60.7 Å². The van der Waals surface area contributed by atoms with Crippen LogP contribution in [0.4, 0.5) is 4.79 Å². The van der Waals surface area contributed by atoms with Crippen molar-refractivity contribution in [2.45, 2.75) is 64.1 Å². The van der Waals surface area contributed by atoms with Crippen LogP contribution in [0.1, 0.15) is 38.3 Å². The third-order valence-corrected chi connectivity index (χ3v) is 5.55. The maximum atomic E-state index is 13.0. The summed E-state index contributed by atoms with van der Waals surface area (Å²) in [7, 11) is 0. The molecule has 1 saturated heterocycles. The Morgan fingerprint density at radius 3 is 2.06 bits per heavy atom. The summed E-state index contributed by atoms with van der Waals surface area (Å²) < 4.78 is 16.3. The van der Waals surface area contributed by atoms with Gasteiger partial charge in [-0.05, 0) is 38.3 Å². The van der Waals surface area contributed by atoms with Gasteiger partial charge in [-0.15, -0.1) is 0 Å². The first-order chi connectivity index (χ1) is 17.2. The van der Waals surface area contributed by atoms with Gasteiger partial charge in [-0.2, -0.15) is 0 Å². The summed E-state index contributed by atoms with van der Waals surface area (Å²) in [4.78, 5) is 39.7. The molecule has 0 aromatic heterocycles. The third-order valence-electron chi connectivity index (χ3n) is 5.55. The maximum absolute atomic E-state index is 13.0. The number of aliphatic hydroxyl groups excluding tert-OH is 1. The number of amides is 1. The lowest BCUT2D eigenvalue weighted by atomic mass is 10.1. The predicted octanol–water partition coefficient (Wildman–Crippen LogP) is 2.80. The molecule has 0 spiro atoms. The molecule has 194 valence electrons. The number of aliphatic hydroxyl groups is 1. The van der Waals surface area contributed by atoms with Gasteiger partial charge in [0, 0.05) is 12.6 Å². The smallest absolute Gasteiger partial charge is 0.411 e. The van der Waals surface area contributed by atoms with Crippen molar-refractivity contribution in [2.75, 3.05) is 13.2 Å². The van der Waals surface area contributed by atoms with Crippen LogP contribution in [0.15, 0.2) is 60.7 Å². The average Bonchev–Trinajstić information content (AvgIpc) is 3.29. The fraction of sp³-hybridized carbons (Fsp3) is 0.444. The Balaban J connectivity index is 1.64. The van der Waals surface area contributed by atoms with Gasteiger partial charge in [-0.25, -0.2) is 9.59 Å². The fourth-order valence-electron chi connectivity index (χ4n) is 3.84. The molecule has 1 aliphatic heterocycles. The van der Waals surface area contributed by atoms with Crippen LogP contribution in [-0.2, 0) is 37.0 Å². The Morgan fingerprint density at radius 2 is 1.53 bits per heavy atom. The molecule has 1 aliphatic rings. The number of likely N-dealkylation sites (tertiary alicyclic amines) is 1. The molecule has 0 aliphatic carbocycles. The molecule has 2 aromatic carbocycles. The molecular formula is C27H34N2O7. The van der Waals surface area contributed by atoms with E-state index in [1.54, 1.807) is 20.8 Å². The van der Waals surface area contributed by atoms with E-state index in [1.165, 1.54) is 4.90 Å². The van der Waals surface area contributed by atoms with Crippen LogP contribution in [-0.4, -0.2) is 64.9 Å². The monoisotopic (exact) mass is 498 g/mol. The molecule has 3 atom stereocenters. The van der Waals surface area contributed by atoms with Gasteiger partial charge in [0.2, 0.25) is 0 Å². The van der Waals surface area contributed by atoms with Gasteiger partial charge in [0.1, 0.15) is 30.9 Å². The largest absolute Gasteiger partial charge is 0.460 e. The number of nitrogens with zero attached hydrogens (tertiary/aromatic N) is 1. The van der Waals surface area contributed by atoms with Crippen LogP contribution in [0.5, 0.6) is 0 Å². The van der Waals surface area contributed by atoms with E-state index in [9.17, 15) is 19.5 Å². The highest BCUT2D eigenvalue weighted by Gasteiger charge is 2.43. The molecule has 0 unspecified atom stereocenters. The second-order valence-electron chi connectivity index (χ2n) is 9.67. The number of carbonyl (C=O) groups excluding carboxylic acids is 3. The zero-order chi connectivity index (χ0) is 26.1. The number of nitrogens with one attached hydrogen (secondary N) is 1. The molecule has 1 amide bonds. The van der Waals surface area contributed by atoms with E-state index in [0.29, 0.717) is 0 Å². The fourth-order valence-corrected chi connectivity index (χ4v) is 3.84. The van der Waals surface area contributed by atoms with E-state index in [2.05, 4.69) is 5.32 Å². The highest BCUT2D eigenvalue weighted by Crippen LogP contribution is 2.23. The molecule has 1 heterocycles. The number of rotatable bonds is 9. The van der Waals surface area contributed by atoms with Crippen molar-refractivity contribution < 1.29 is 33.7 Å². The molecule has 3 rings (SSSR count). The van der Waals surface area contributed by atoms with Crippen molar-refractivity contribution >= 4 is 18.0 Å². The molecule has 1 fully saturated rings. The number of ether oxygens (including phenoxy) is 3. The minimum Gasteiger partial charge on any atom is -0.460 e. The zero-order valence-corrected chi connectivity index (χ0v) is 20.9. The van der Waals surface area contributed by atoms with Gasteiger partial charge in [0.05, 0.1) is 6.61 Å². The van der Waals surface area contributed by atoms with Crippen LogP contribution in [0, 0.1) is 0 Å². The Bertz CT molecular complexity index is 1010. The van der Waals surface area contributed by atoms with Crippen molar-refractivity contribution in [3.8, 4) is 0 Å². The summed E-state index contributed by atoms with van der Waals surface area (Å²) in [6, 6.07) is 16.0. The lowest BCUT2D eigenvalue weighted by Crippen LogP contribution is -2.48. The average molecular weight is 499 g/mol. The SMILES string of the molecule is CC(C)(C)OC(=O)N1C[C@@H](N[C@@H](CO)C(=O)OCc2ccccc2)C[C@H]1C(=O)OCc1ccccc1. The second-order valence-corrected chi connectivity index (χ2v) is 9.67. The summed E-state index contributed by atoms with van der Waals surface area (Å²) in [5.41, 5.74) is 0.889. The van der Waals surface area contributed by atoms with Gasteiger partial charge in [-0.1, -0.05) is 60.7 Å².